The van der Waals surface area contributed by atoms with E-state index in [2.05, 4.69) is 5.32 Å². The monoisotopic (exact) mass is 385 g/mol. The number of anilines is 1. The first kappa shape index (κ1) is 19.0. The van der Waals surface area contributed by atoms with E-state index in [9.17, 15) is 14.0 Å². The second-order valence-electron chi connectivity index (χ2n) is 4.99. The van der Waals surface area contributed by atoms with Gasteiger partial charge in [-0.15, -0.1) is 0 Å². The number of hydrogen-bond acceptors (Lipinski definition) is 4. The van der Waals surface area contributed by atoms with Gasteiger partial charge in [-0.3, -0.25) is 4.79 Å². The fourth-order valence-corrected chi connectivity index (χ4v) is 2.59. The average molecular weight is 386 g/mol. The van der Waals surface area contributed by atoms with Crippen molar-refractivity contribution in [2.75, 3.05) is 12.4 Å². The lowest BCUT2D eigenvalue weighted by atomic mass is 10.2. The largest absolute Gasteiger partial charge is 0.494 e. The number of esters is 1. The number of ether oxygens (including phenoxy) is 2. The van der Waals surface area contributed by atoms with E-state index < -0.39 is 23.8 Å². The van der Waals surface area contributed by atoms with Crippen LogP contribution < -0.4 is 10.1 Å². The summed E-state index contributed by atoms with van der Waals surface area (Å²) in [7, 11) is 1.39. The van der Waals surface area contributed by atoms with Crippen LogP contribution in [0.2, 0.25) is 10.0 Å². The van der Waals surface area contributed by atoms with Crippen LogP contribution in [-0.4, -0.2) is 25.1 Å². The number of halogens is 3. The van der Waals surface area contributed by atoms with Crippen molar-refractivity contribution in [1.29, 1.82) is 0 Å². The number of rotatable bonds is 5. The molecule has 0 aromatic heterocycles. The van der Waals surface area contributed by atoms with Crippen molar-refractivity contribution in [3.8, 4) is 5.75 Å². The predicted molar refractivity (Wildman–Crippen MR) is 92.9 cm³/mol. The maximum atomic E-state index is 13.5. The smallest absolute Gasteiger partial charge is 0.339 e. The molecule has 1 atom stereocenters. The van der Waals surface area contributed by atoms with Gasteiger partial charge >= 0.3 is 5.97 Å². The van der Waals surface area contributed by atoms with Crippen LogP contribution in [0.15, 0.2) is 36.4 Å². The van der Waals surface area contributed by atoms with Crippen LogP contribution in [0, 0.1) is 5.82 Å². The first-order chi connectivity index (χ1) is 11.8. The summed E-state index contributed by atoms with van der Waals surface area (Å²) in [6.07, 6.45) is -1.16. The van der Waals surface area contributed by atoms with Crippen molar-refractivity contribution in [3.05, 3.63) is 57.8 Å². The zero-order valence-electron chi connectivity index (χ0n) is 13.3. The maximum absolute atomic E-state index is 13.5. The van der Waals surface area contributed by atoms with E-state index in [4.69, 9.17) is 32.7 Å². The van der Waals surface area contributed by atoms with Crippen molar-refractivity contribution in [1.82, 2.24) is 0 Å². The third-order valence-corrected chi connectivity index (χ3v) is 3.78. The van der Waals surface area contributed by atoms with E-state index in [0.29, 0.717) is 0 Å². The minimum atomic E-state index is -1.16. The van der Waals surface area contributed by atoms with E-state index in [-0.39, 0.29) is 27.0 Å². The Kier molecular flexibility index (Phi) is 6.22. The normalized spacial score (nSPS) is 11.6. The Hall–Kier alpha value is -2.31. The van der Waals surface area contributed by atoms with Crippen LogP contribution in [0.1, 0.15) is 17.3 Å². The first-order valence-corrected chi connectivity index (χ1v) is 7.88. The molecule has 132 valence electrons. The second kappa shape index (κ2) is 8.18. The van der Waals surface area contributed by atoms with Gasteiger partial charge in [-0.1, -0.05) is 35.3 Å². The highest BCUT2D eigenvalue weighted by atomic mass is 35.5. The molecule has 0 aliphatic rings. The standard InChI is InChI=1S/C17H14Cl2FNO4/c1-9(16(22)21-14-6-4-3-5-13(14)20)25-17(23)10-7-11(18)15(24-2)12(19)8-10/h3-9H,1-2H3,(H,21,22)/t9-/m1/s1. The Morgan fingerprint density at radius 1 is 1.16 bits per heavy atom. The summed E-state index contributed by atoms with van der Waals surface area (Å²) >= 11 is 11.9. The third-order valence-electron chi connectivity index (χ3n) is 3.22. The van der Waals surface area contributed by atoms with Gasteiger partial charge in [-0.05, 0) is 31.2 Å². The summed E-state index contributed by atoms with van der Waals surface area (Å²) in [5.74, 6) is -1.85. The lowest BCUT2D eigenvalue weighted by Gasteiger charge is -2.14. The van der Waals surface area contributed by atoms with Crippen LogP contribution in [0.3, 0.4) is 0 Å². The van der Waals surface area contributed by atoms with Gasteiger partial charge in [-0.25, -0.2) is 9.18 Å². The second-order valence-corrected chi connectivity index (χ2v) is 5.80. The number of amides is 1. The van der Waals surface area contributed by atoms with E-state index in [1.165, 1.54) is 44.4 Å². The lowest BCUT2D eigenvalue weighted by molar-refractivity contribution is -0.123. The van der Waals surface area contributed by atoms with E-state index in [1.807, 2.05) is 0 Å². The van der Waals surface area contributed by atoms with Crippen molar-refractivity contribution in [3.63, 3.8) is 0 Å². The number of nitrogens with one attached hydrogen (secondary N) is 1. The number of carbonyl (C=O) groups excluding carboxylic acids is 2. The molecular formula is C17H14Cl2FNO4. The van der Waals surface area contributed by atoms with Gasteiger partial charge in [0.2, 0.25) is 0 Å². The van der Waals surface area contributed by atoms with Crippen LogP contribution in [-0.2, 0) is 9.53 Å². The topological polar surface area (TPSA) is 64.6 Å². The molecule has 25 heavy (non-hydrogen) atoms. The molecule has 0 radical (unpaired) electrons. The molecule has 0 heterocycles. The third kappa shape index (κ3) is 4.61. The highest BCUT2D eigenvalue weighted by Gasteiger charge is 2.21. The molecule has 1 N–H and O–H groups in total. The minimum Gasteiger partial charge on any atom is -0.494 e. The van der Waals surface area contributed by atoms with Gasteiger partial charge in [0.15, 0.2) is 11.9 Å². The lowest BCUT2D eigenvalue weighted by Crippen LogP contribution is -2.30. The molecule has 0 aliphatic heterocycles. The fraction of sp³-hybridized carbons (Fsp3) is 0.176. The maximum Gasteiger partial charge on any atom is 0.339 e. The SMILES string of the molecule is COc1c(Cl)cc(C(=O)O[C@H](C)C(=O)Nc2ccccc2F)cc1Cl. The molecule has 5 nitrogen and oxygen atoms in total. The Morgan fingerprint density at radius 2 is 1.76 bits per heavy atom. The van der Waals surface area contributed by atoms with E-state index >= 15 is 0 Å². The molecule has 0 unspecified atom stereocenters. The van der Waals surface area contributed by atoms with Gasteiger partial charge in [0.25, 0.3) is 5.91 Å². The zero-order chi connectivity index (χ0) is 18.6. The number of carbonyl (C=O) groups is 2. The summed E-state index contributed by atoms with van der Waals surface area (Å²) in [6, 6.07) is 8.28. The molecule has 2 aromatic carbocycles. The van der Waals surface area contributed by atoms with Gasteiger partial charge in [0.05, 0.1) is 28.4 Å². The predicted octanol–water partition coefficient (Wildman–Crippen LogP) is 4.33. The molecule has 0 bridgehead atoms. The zero-order valence-corrected chi connectivity index (χ0v) is 14.8. The molecule has 1 amide bonds. The number of methoxy groups -OCH3 is 1. The van der Waals surface area contributed by atoms with Crippen molar-refractivity contribution in [2.45, 2.75) is 13.0 Å². The minimum absolute atomic E-state index is 0.00839. The molecule has 0 fully saturated rings. The Morgan fingerprint density at radius 3 is 2.32 bits per heavy atom. The highest BCUT2D eigenvalue weighted by Crippen LogP contribution is 2.34. The van der Waals surface area contributed by atoms with Crippen LogP contribution in [0.5, 0.6) is 5.75 Å². The molecular weight excluding hydrogens is 372 g/mol. The quantitative estimate of drug-likeness (QED) is 0.778. The van der Waals surface area contributed by atoms with Gasteiger partial charge < -0.3 is 14.8 Å². The number of para-hydroxylation sites is 1. The molecule has 0 spiro atoms. The summed E-state index contributed by atoms with van der Waals surface area (Å²) in [5, 5.41) is 2.60. The van der Waals surface area contributed by atoms with Crippen molar-refractivity contribution >= 4 is 40.8 Å². The summed E-state index contributed by atoms with van der Waals surface area (Å²) in [5.41, 5.74) is 0.0484. The summed E-state index contributed by atoms with van der Waals surface area (Å²) in [4.78, 5) is 24.2. The van der Waals surface area contributed by atoms with Crippen molar-refractivity contribution < 1.29 is 23.5 Å². The van der Waals surface area contributed by atoms with Crippen molar-refractivity contribution in [2.24, 2.45) is 0 Å². The van der Waals surface area contributed by atoms with Crippen LogP contribution in [0.4, 0.5) is 10.1 Å². The number of benzene rings is 2. The molecule has 0 saturated carbocycles. The van der Waals surface area contributed by atoms with E-state index in [0.717, 1.165) is 0 Å². The van der Waals surface area contributed by atoms with Gasteiger partial charge in [0, 0.05) is 0 Å². The molecule has 8 heteroatoms. The first-order valence-electron chi connectivity index (χ1n) is 7.13. The highest BCUT2D eigenvalue weighted by molar-refractivity contribution is 6.37. The van der Waals surface area contributed by atoms with Crippen LogP contribution >= 0.6 is 23.2 Å². The average Bonchev–Trinajstić information content (AvgIpc) is 2.56. The molecule has 0 saturated heterocycles. The van der Waals surface area contributed by atoms with Crippen LogP contribution in [0.25, 0.3) is 0 Å². The summed E-state index contributed by atoms with van der Waals surface area (Å²) < 4.78 is 23.6. The Bertz CT molecular complexity index is 790. The molecule has 2 aromatic rings. The number of hydrogen-bond donors (Lipinski definition) is 1. The fourth-order valence-electron chi connectivity index (χ4n) is 1.95. The molecule has 2 rings (SSSR count). The summed E-state index contributed by atoms with van der Waals surface area (Å²) in [6.45, 7) is 1.36. The Labute approximate surface area is 153 Å². The van der Waals surface area contributed by atoms with E-state index in [1.54, 1.807) is 6.07 Å². The Balaban J connectivity index is 2.07. The van der Waals surface area contributed by atoms with Gasteiger partial charge in [-0.2, -0.15) is 0 Å². The molecule has 0 aliphatic carbocycles. The van der Waals surface area contributed by atoms with Gasteiger partial charge in [0.1, 0.15) is 5.82 Å².